The Hall–Kier alpha value is -1.39. The molecular weight excluding hydrogens is 328 g/mol. The van der Waals surface area contributed by atoms with E-state index in [2.05, 4.69) is 33.0 Å². The van der Waals surface area contributed by atoms with Crippen molar-refractivity contribution < 1.29 is 4.74 Å². The summed E-state index contributed by atoms with van der Waals surface area (Å²) < 4.78 is 6.35. The van der Waals surface area contributed by atoms with Gasteiger partial charge in [-0.15, -0.1) is 0 Å². The minimum atomic E-state index is -0.358. The van der Waals surface area contributed by atoms with Gasteiger partial charge in [-0.25, -0.2) is 0 Å². The largest absolute Gasteiger partial charge is 0.497 e. The molecule has 1 atom stereocenters. The van der Waals surface area contributed by atoms with E-state index in [4.69, 9.17) is 10.5 Å². The van der Waals surface area contributed by atoms with Crippen LogP contribution in [-0.4, -0.2) is 12.1 Å². The molecule has 1 aliphatic carbocycles. The fourth-order valence-corrected chi connectivity index (χ4v) is 3.35. The summed E-state index contributed by atoms with van der Waals surface area (Å²) in [6.07, 6.45) is 5.76. The second kappa shape index (κ2) is 5.78. The highest BCUT2D eigenvalue weighted by Crippen LogP contribution is 2.37. The smallest absolute Gasteiger partial charge is 0.119 e. The lowest BCUT2D eigenvalue weighted by atomic mass is 9.74. The molecule has 0 bridgehead atoms. The lowest BCUT2D eigenvalue weighted by molar-refractivity contribution is 0.360. The number of hydrogen-bond donors (Lipinski definition) is 1. The third-order valence-electron chi connectivity index (χ3n) is 4.21. The summed E-state index contributed by atoms with van der Waals surface area (Å²) in [4.78, 5) is 4.47. The molecule has 110 valence electrons. The maximum Gasteiger partial charge on any atom is 0.119 e. The Morgan fingerprint density at radius 2 is 2.19 bits per heavy atom. The number of nitrogens with two attached hydrogens (primary N) is 1. The van der Waals surface area contributed by atoms with E-state index < -0.39 is 0 Å². The summed E-state index contributed by atoms with van der Waals surface area (Å²) in [5.74, 6) is 0.870. The van der Waals surface area contributed by atoms with Crippen LogP contribution in [-0.2, 0) is 18.4 Å². The molecule has 0 amide bonds. The number of methoxy groups -OCH3 is 1. The molecule has 1 aromatic carbocycles. The molecule has 3 nitrogen and oxygen atoms in total. The third kappa shape index (κ3) is 2.97. The van der Waals surface area contributed by atoms with E-state index in [1.54, 1.807) is 7.11 Å². The number of halogens is 1. The number of benzene rings is 1. The van der Waals surface area contributed by atoms with Crippen molar-refractivity contribution in [3.05, 3.63) is 57.8 Å². The Kier molecular flexibility index (Phi) is 4.00. The van der Waals surface area contributed by atoms with Gasteiger partial charge in [0, 0.05) is 28.3 Å². The van der Waals surface area contributed by atoms with Crippen LogP contribution in [0.4, 0.5) is 0 Å². The Balaban J connectivity index is 1.96. The maximum absolute atomic E-state index is 6.76. The van der Waals surface area contributed by atoms with Gasteiger partial charge in [0.1, 0.15) is 5.75 Å². The number of pyridine rings is 1. The molecule has 0 aliphatic heterocycles. The van der Waals surface area contributed by atoms with Crippen LogP contribution < -0.4 is 10.5 Å². The van der Waals surface area contributed by atoms with Crippen molar-refractivity contribution in [2.45, 2.75) is 31.2 Å². The van der Waals surface area contributed by atoms with Gasteiger partial charge in [0.15, 0.2) is 0 Å². The van der Waals surface area contributed by atoms with Crippen molar-refractivity contribution in [2.75, 3.05) is 7.11 Å². The summed E-state index contributed by atoms with van der Waals surface area (Å²) in [6, 6.07) is 10.3. The van der Waals surface area contributed by atoms with Gasteiger partial charge < -0.3 is 10.5 Å². The summed E-state index contributed by atoms with van der Waals surface area (Å²) in [7, 11) is 1.69. The number of rotatable bonds is 3. The fourth-order valence-electron chi connectivity index (χ4n) is 3.11. The predicted molar refractivity (Wildman–Crippen MR) is 87.4 cm³/mol. The minimum absolute atomic E-state index is 0.358. The van der Waals surface area contributed by atoms with Gasteiger partial charge in [0.2, 0.25) is 0 Å². The van der Waals surface area contributed by atoms with Crippen LogP contribution in [0.15, 0.2) is 41.0 Å². The molecule has 0 saturated heterocycles. The van der Waals surface area contributed by atoms with Crippen LogP contribution >= 0.6 is 15.9 Å². The quantitative estimate of drug-likeness (QED) is 0.923. The molecule has 21 heavy (non-hydrogen) atoms. The van der Waals surface area contributed by atoms with E-state index in [1.807, 2.05) is 24.4 Å². The molecule has 2 N–H and O–H groups in total. The summed E-state index contributed by atoms with van der Waals surface area (Å²) >= 11 is 3.42. The predicted octanol–water partition coefficient (Wildman–Crippen LogP) is 3.59. The molecule has 2 aromatic rings. The topological polar surface area (TPSA) is 48.1 Å². The van der Waals surface area contributed by atoms with Crippen molar-refractivity contribution >= 4 is 15.9 Å². The first-order valence-corrected chi connectivity index (χ1v) is 7.97. The van der Waals surface area contributed by atoms with Crippen molar-refractivity contribution in [1.29, 1.82) is 0 Å². The highest BCUT2D eigenvalue weighted by atomic mass is 79.9. The van der Waals surface area contributed by atoms with Gasteiger partial charge in [-0.1, -0.05) is 6.07 Å². The molecule has 1 aromatic heterocycles. The van der Waals surface area contributed by atoms with Crippen LogP contribution in [0.1, 0.15) is 29.7 Å². The first-order chi connectivity index (χ1) is 10.1. The Morgan fingerprint density at radius 3 is 2.90 bits per heavy atom. The zero-order chi connectivity index (χ0) is 14.9. The molecule has 1 aliphatic rings. The molecule has 0 saturated carbocycles. The zero-order valence-corrected chi connectivity index (χ0v) is 13.7. The Morgan fingerprint density at radius 1 is 1.33 bits per heavy atom. The average Bonchev–Trinajstić information content (AvgIpc) is 2.50. The summed E-state index contributed by atoms with van der Waals surface area (Å²) in [5.41, 5.74) is 9.96. The van der Waals surface area contributed by atoms with Crippen LogP contribution in [0.3, 0.4) is 0 Å². The molecule has 0 spiro atoms. The van der Waals surface area contributed by atoms with Gasteiger partial charge in [-0.2, -0.15) is 0 Å². The fraction of sp³-hybridized carbons (Fsp3) is 0.353. The highest BCUT2D eigenvalue weighted by Gasteiger charge is 2.33. The summed E-state index contributed by atoms with van der Waals surface area (Å²) in [5, 5.41) is 0. The third-order valence-corrected chi connectivity index (χ3v) is 4.68. The van der Waals surface area contributed by atoms with Gasteiger partial charge in [0.25, 0.3) is 0 Å². The van der Waals surface area contributed by atoms with Crippen molar-refractivity contribution in [3.63, 3.8) is 0 Å². The highest BCUT2D eigenvalue weighted by molar-refractivity contribution is 9.10. The van der Waals surface area contributed by atoms with Crippen molar-refractivity contribution in [2.24, 2.45) is 5.73 Å². The number of nitrogens with zero attached hydrogens (tertiary/aromatic N) is 1. The number of aryl methyl sites for hydroxylation is 1. The van der Waals surface area contributed by atoms with Gasteiger partial charge >= 0.3 is 0 Å². The van der Waals surface area contributed by atoms with E-state index in [0.717, 1.165) is 41.6 Å². The van der Waals surface area contributed by atoms with Crippen LogP contribution in [0.25, 0.3) is 0 Å². The lowest BCUT2D eigenvalue weighted by Crippen LogP contribution is -2.42. The van der Waals surface area contributed by atoms with E-state index >= 15 is 0 Å². The monoisotopic (exact) mass is 346 g/mol. The molecule has 4 heteroatoms. The Labute approximate surface area is 133 Å². The second-order valence-electron chi connectivity index (χ2n) is 5.68. The van der Waals surface area contributed by atoms with E-state index in [-0.39, 0.29) is 5.54 Å². The SMILES string of the molecule is COc1ccc2c(c1)C(N)(Cc1ccc(Br)cn1)CCC2. The number of fused-ring (bicyclic) bond motifs is 1. The van der Waals surface area contributed by atoms with Gasteiger partial charge in [0.05, 0.1) is 7.11 Å². The molecule has 1 unspecified atom stereocenters. The van der Waals surface area contributed by atoms with Gasteiger partial charge in [-0.3, -0.25) is 4.98 Å². The van der Waals surface area contributed by atoms with Crippen LogP contribution in [0.2, 0.25) is 0 Å². The average molecular weight is 347 g/mol. The first kappa shape index (κ1) is 14.5. The van der Waals surface area contributed by atoms with Gasteiger partial charge in [-0.05, 0) is 70.6 Å². The molecular formula is C17H19BrN2O. The van der Waals surface area contributed by atoms with E-state index in [1.165, 1.54) is 11.1 Å². The molecule has 0 fully saturated rings. The number of aromatic nitrogens is 1. The molecule has 0 radical (unpaired) electrons. The minimum Gasteiger partial charge on any atom is -0.497 e. The van der Waals surface area contributed by atoms with Crippen molar-refractivity contribution in [1.82, 2.24) is 4.98 Å². The van der Waals surface area contributed by atoms with E-state index in [0.29, 0.717) is 0 Å². The number of hydrogen-bond acceptors (Lipinski definition) is 3. The maximum atomic E-state index is 6.76. The molecule has 1 heterocycles. The van der Waals surface area contributed by atoms with Crippen LogP contribution in [0, 0.1) is 0 Å². The normalized spacial score (nSPS) is 20.9. The van der Waals surface area contributed by atoms with Crippen LogP contribution in [0.5, 0.6) is 5.75 Å². The molecule has 3 rings (SSSR count). The second-order valence-corrected chi connectivity index (χ2v) is 6.59. The standard InChI is InChI=1S/C17H19BrN2O/c1-21-15-7-4-12-3-2-8-17(19,16(12)9-15)10-14-6-5-13(18)11-20-14/h4-7,9,11H,2-3,8,10,19H2,1H3. The zero-order valence-electron chi connectivity index (χ0n) is 12.1. The lowest BCUT2D eigenvalue weighted by Gasteiger charge is -2.36. The Bertz CT molecular complexity index is 642. The number of ether oxygens (including phenoxy) is 1. The van der Waals surface area contributed by atoms with Crippen molar-refractivity contribution in [3.8, 4) is 5.75 Å². The van der Waals surface area contributed by atoms with E-state index in [9.17, 15) is 0 Å². The summed E-state index contributed by atoms with van der Waals surface area (Å²) in [6.45, 7) is 0. The first-order valence-electron chi connectivity index (χ1n) is 7.17.